The smallest absolute Gasteiger partial charge is 0.369 e. The molecule has 1 aromatic carbocycles. The first-order valence-corrected chi connectivity index (χ1v) is 8.95. The summed E-state index contributed by atoms with van der Waals surface area (Å²) in [5.74, 6) is -1.48. The topological polar surface area (TPSA) is 98.3 Å². The third-order valence-corrected chi connectivity index (χ3v) is 4.93. The number of primary amides is 1. The zero-order valence-corrected chi connectivity index (χ0v) is 15.6. The number of hydrogen-bond donors (Lipinski definition) is 1. The van der Waals surface area contributed by atoms with Crippen LogP contribution in [0, 0.1) is 12.8 Å². The van der Waals surface area contributed by atoms with Crippen molar-refractivity contribution in [1.29, 1.82) is 0 Å². The normalized spacial score (nSPS) is 15.4. The van der Waals surface area contributed by atoms with E-state index < -0.39 is 34.7 Å². The molecule has 0 atom stereocenters. The number of para-hydroxylation sites is 1. The first-order valence-electron chi connectivity index (χ1n) is 8.95. The summed E-state index contributed by atoms with van der Waals surface area (Å²) < 4.78 is 41.1. The van der Waals surface area contributed by atoms with E-state index in [1.165, 1.54) is 30.0 Å². The summed E-state index contributed by atoms with van der Waals surface area (Å²) >= 11 is 0. The van der Waals surface area contributed by atoms with Crippen molar-refractivity contribution >= 4 is 11.8 Å². The number of likely N-dealkylation sites (tertiary alicyclic amines) is 1. The van der Waals surface area contributed by atoms with Crippen molar-refractivity contribution in [1.82, 2.24) is 14.7 Å². The number of hydrogen-bond acceptors (Lipinski definition) is 4. The molecule has 0 bridgehead atoms. The van der Waals surface area contributed by atoms with E-state index in [1.54, 1.807) is 0 Å². The fourth-order valence-corrected chi connectivity index (χ4v) is 3.35. The van der Waals surface area contributed by atoms with E-state index >= 15 is 0 Å². The molecule has 1 aliphatic heterocycles. The molecule has 0 aliphatic carbocycles. The van der Waals surface area contributed by atoms with Crippen LogP contribution in [0.25, 0.3) is 5.69 Å². The van der Waals surface area contributed by atoms with Gasteiger partial charge in [0, 0.05) is 30.8 Å². The molecule has 7 nitrogen and oxygen atoms in total. The van der Waals surface area contributed by atoms with Crippen LogP contribution in [0.3, 0.4) is 0 Å². The van der Waals surface area contributed by atoms with Crippen LogP contribution in [0.5, 0.6) is 0 Å². The summed E-state index contributed by atoms with van der Waals surface area (Å²) in [5.41, 5.74) is 3.08. The van der Waals surface area contributed by atoms with Gasteiger partial charge in [-0.3, -0.25) is 14.4 Å². The van der Waals surface area contributed by atoms with Gasteiger partial charge in [-0.05, 0) is 31.9 Å². The molecule has 3 rings (SSSR count). The Kier molecular flexibility index (Phi) is 5.45. The Labute approximate surface area is 163 Å². The Hall–Kier alpha value is -3.17. The van der Waals surface area contributed by atoms with Crippen LogP contribution in [0.1, 0.15) is 34.6 Å². The summed E-state index contributed by atoms with van der Waals surface area (Å²) in [4.78, 5) is 37.8. The number of carbonyl (C=O) groups excluding carboxylic acids is 2. The van der Waals surface area contributed by atoms with Gasteiger partial charge in [0.25, 0.3) is 5.91 Å². The number of alkyl halides is 3. The van der Waals surface area contributed by atoms with Gasteiger partial charge in [-0.2, -0.15) is 18.3 Å². The van der Waals surface area contributed by atoms with E-state index in [4.69, 9.17) is 5.73 Å². The summed E-state index contributed by atoms with van der Waals surface area (Å²) in [6.07, 6.45) is -3.91. The second-order valence-electron chi connectivity index (χ2n) is 6.89. The molecule has 2 heterocycles. The van der Waals surface area contributed by atoms with E-state index in [0.717, 1.165) is 16.8 Å². The van der Waals surface area contributed by atoms with Crippen molar-refractivity contribution in [3.8, 4) is 5.69 Å². The molecule has 10 heteroatoms. The highest BCUT2D eigenvalue weighted by Crippen LogP contribution is 2.33. The molecule has 1 fully saturated rings. The van der Waals surface area contributed by atoms with Crippen LogP contribution in [0.4, 0.5) is 13.2 Å². The Morgan fingerprint density at radius 1 is 1.17 bits per heavy atom. The average molecular weight is 408 g/mol. The summed E-state index contributed by atoms with van der Waals surface area (Å²) in [7, 11) is 0. The molecule has 0 unspecified atom stereocenters. The lowest BCUT2D eigenvalue weighted by Crippen LogP contribution is -2.43. The number of piperidine rings is 1. The predicted molar refractivity (Wildman–Crippen MR) is 97.4 cm³/mol. The molecule has 1 saturated heterocycles. The maximum Gasteiger partial charge on any atom is 0.418 e. The van der Waals surface area contributed by atoms with Crippen LogP contribution < -0.4 is 11.2 Å². The lowest BCUT2D eigenvalue weighted by Gasteiger charge is -2.30. The number of aromatic nitrogens is 2. The van der Waals surface area contributed by atoms with E-state index in [-0.39, 0.29) is 30.4 Å². The van der Waals surface area contributed by atoms with Gasteiger partial charge in [0.15, 0.2) is 5.69 Å². The molecular weight excluding hydrogens is 389 g/mol. The van der Waals surface area contributed by atoms with Gasteiger partial charge in [-0.1, -0.05) is 12.1 Å². The van der Waals surface area contributed by atoms with Crippen molar-refractivity contribution < 1.29 is 22.8 Å². The van der Waals surface area contributed by atoms with Crippen molar-refractivity contribution in [3.05, 3.63) is 57.5 Å². The highest BCUT2D eigenvalue weighted by molar-refractivity contribution is 5.92. The highest BCUT2D eigenvalue weighted by Gasteiger charge is 2.34. The highest BCUT2D eigenvalue weighted by atomic mass is 19.4. The van der Waals surface area contributed by atoms with Crippen molar-refractivity contribution in [3.63, 3.8) is 0 Å². The molecule has 2 N–H and O–H groups in total. The molecule has 1 aromatic heterocycles. The standard InChI is InChI=1S/C19H19F3N4O3/c1-11-10-15(27)16(18(29)25-8-6-12(7-9-25)17(23)28)24-26(11)14-5-3-2-4-13(14)19(20,21)22/h2-5,10,12H,6-9H2,1H3,(H2,23,28). The van der Waals surface area contributed by atoms with E-state index in [1.807, 2.05) is 0 Å². The van der Waals surface area contributed by atoms with E-state index in [2.05, 4.69) is 5.10 Å². The average Bonchev–Trinajstić information content (AvgIpc) is 2.67. The third-order valence-electron chi connectivity index (χ3n) is 4.93. The minimum absolute atomic E-state index is 0.163. The van der Waals surface area contributed by atoms with Gasteiger partial charge in [0.1, 0.15) is 0 Å². The first-order chi connectivity index (χ1) is 13.6. The van der Waals surface area contributed by atoms with Crippen LogP contribution in [-0.2, 0) is 11.0 Å². The van der Waals surface area contributed by atoms with Crippen molar-refractivity contribution in [2.75, 3.05) is 13.1 Å². The monoisotopic (exact) mass is 408 g/mol. The van der Waals surface area contributed by atoms with Gasteiger partial charge in [0.2, 0.25) is 11.3 Å². The largest absolute Gasteiger partial charge is 0.418 e. The summed E-state index contributed by atoms with van der Waals surface area (Å²) in [6.45, 7) is 1.86. The molecule has 1 aliphatic rings. The third kappa shape index (κ3) is 4.15. The van der Waals surface area contributed by atoms with Gasteiger partial charge in [-0.25, -0.2) is 4.68 Å². The zero-order chi connectivity index (χ0) is 21.3. The molecule has 0 saturated carbocycles. The van der Waals surface area contributed by atoms with Crippen LogP contribution in [0.15, 0.2) is 35.1 Å². The van der Waals surface area contributed by atoms with Crippen molar-refractivity contribution in [2.45, 2.75) is 25.9 Å². The Morgan fingerprint density at radius 3 is 2.38 bits per heavy atom. The lowest BCUT2D eigenvalue weighted by atomic mass is 9.96. The SMILES string of the molecule is Cc1cc(=O)c(C(=O)N2CCC(C(N)=O)CC2)nn1-c1ccccc1C(F)(F)F. The number of aryl methyl sites for hydroxylation is 1. The second kappa shape index (κ2) is 7.69. The first kappa shape index (κ1) is 20.6. The minimum Gasteiger partial charge on any atom is -0.369 e. The van der Waals surface area contributed by atoms with Gasteiger partial charge in [-0.15, -0.1) is 0 Å². The van der Waals surface area contributed by atoms with Crippen LogP contribution >= 0.6 is 0 Å². The van der Waals surface area contributed by atoms with E-state index in [0.29, 0.717) is 12.8 Å². The zero-order valence-electron chi connectivity index (χ0n) is 15.6. The predicted octanol–water partition coefficient (Wildman–Crippen LogP) is 1.90. The van der Waals surface area contributed by atoms with Crippen molar-refractivity contribution in [2.24, 2.45) is 11.7 Å². The number of rotatable bonds is 3. The lowest BCUT2D eigenvalue weighted by molar-refractivity contribution is -0.137. The number of amides is 2. The fourth-order valence-electron chi connectivity index (χ4n) is 3.35. The number of carbonyl (C=O) groups is 2. The molecule has 0 radical (unpaired) electrons. The Bertz CT molecular complexity index is 1010. The number of benzene rings is 1. The molecule has 2 aromatic rings. The molecule has 0 spiro atoms. The fraction of sp³-hybridized carbons (Fsp3) is 0.368. The molecule has 154 valence electrons. The summed E-state index contributed by atoms with van der Waals surface area (Å²) in [5, 5.41) is 3.97. The van der Waals surface area contributed by atoms with Crippen LogP contribution in [0.2, 0.25) is 0 Å². The quantitative estimate of drug-likeness (QED) is 0.839. The van der Waals surface area contributed by atoms with Crippen LogP contribution in [-0.4, -0.2) is 39.6 Å². The van der Waals surface area contributed by atoms with Gasteiger partial charge >= 0.3 is 6.18 Å². The maximum atomic E-state index is 13.4. The molecule has 2 amide bonds. The Balaban J connectivity index is 1.99. The Morgan fingerprint density at radius 2 is 1.79 bits per heavy atom. The number of halogens is 3. The number of nitrogens with zero attached hydrogens (tertiary/aromatic N) is 3. The number of nitrogens with two attached hydrogens (primary N) is 1. The summed E-state index contributed by atoms with van der Waals surface area (Å²) in [6, 6.07) is 5.88. The van der Waals surface area contributed by atoms with Gasteiger partial charge in [0.05, 0.1) is 11.3 Å². The minimum atomic E-state index is -4.63. The molecule has 29 heavy (non-hydrogen) atoms. The van der Waals surface area contributed by atoms with E-state index in [9.17, 15) is 27.6 Å². The van der Waals surface area contributed by atoms with Gasteiger partial charge < -0.3 is 10.6 Å². The second-order valence-corrected chi connectivity index (χ2v) is 6.89. The molecular formula is C19H19F3N4O3. The maximum absolute atomic E-state index is 13.4.